The first kappa shape index (κ1) is 14.2. The third kappa shape index (κ3) is 3.22. The van der Waals surface area contributed by atoms with Crippen molar-refractivity contribution in [2.24, 2.45) is 0 Å². The molecule has 0 spiro atoms. The molecular weight excluding hydrogens is 258 g/mol. The van der Waals surface area contributed by atoms with Gasteiger partial charge in [-0.2, -0.15) is 0 Å². The molecule has 5 heteroatoms. The lowest BCUT2D eigenvalue weighted by Gasteiger charge is -2.22. The number of hydrogen-bond acceptors (Lipinski definition) is 5. The van der Waals surface area contributed by atoms with E-state index in [1.165, 1.54) is 10.6 Å². The average molecular weight is 279 g/mol. The molecule has 0 aliphatic carbocycles. The fourth-order valence-corrected chi connectivity index (χ4v) is 3.03. The first-order chi connectivity index (χ1) is 9.01. The molecule has 0 saturated heterocycles. The van der Waals surface area contributed by atoms with E-state index in [1.54, 1.807) is 11.3 Å². The predicted molar refractivity (Wildman–Crippen MR) is 77.4 cm³/mol. The lowest BCUT2D eigenvalue weighted by atomic mass is 10.2. The molecular formula is C14H21N3OS. The molecule has 4 nitrogen and oxygen atoms in total. The Hall–Kier alpha value is -1.20. The van der Waals surface area contributed by atoms with Crippen LogP contribution in [0.15, 0.2) is 10.6 Å². The van der Waals surface area contributed by atoms with Gasteiger partial charge in [0.2, 0.25) is 0 Å². The molecule has 0 bridgehead atoms. The maximum atomic E-state index is 5.34. The standard InChI is InChI=1S/C14H21N3OS/c1-6-12-7-13(18-16-12)8-17(5)9(2)14-10(3)19-11(4)15-14/h7,9H,6,8H2,1-5H3. The smallest absolute Gasteiger partial charge is 0.150 e. The Bertz CT molecular complexity index is 547. The highest BCUT2D eigenvalue weighted by Gasteiger charge is 2.19. The van der Waals surface area contributed by atoms with Crippen LogP contribution in [0.3, 0.4) is 0 Å². The van der Waals surface area contributed by atoms with E-state index in [0.717, 1.165) is 29.4 Å². The molecule has 1 unspecified atom stereocenters. The summed E-state index contributed by atoms with van der Waals surface area (Å²) in [6.45, 7) is 9.20. The molecule has 2 aromatic heterocycles. The molecule has 19 heavy (non-hydrogen) atoms. The van der Waals surface area contributed by atoms with Crippen molar-refractivity contribution < 1.29 is 4.52 Å². The SMILES string of the molecule is CCc1cc(CN(C)C(C)c2nc(C)sc2C)on1. The fourth-order valence-electron chi connectivity index (χ4n) is 2.12. The van der Waals surface area contributed by atoms with Crippen LogP contribution >= 0.6 is 11.3 Å². The number of hydrogen-bond donors (Lipinski definition) is 0. The van der Waals surface area contributed by atoms with E-state index in [0.29, 0.717) is 0 Å². The normalized spacial score (nSPS) is 13.2. The van der Waals surface area contributed by atoms with Crippen molar-refractivity contribution in [3.63, 3.8) is 0 Å². The molecule has 0 aliphatic rings. The second kappa shape index (κ2) is 5.84. The van der Waals surface area contributed by atoms with Crippen LogP contribution in [0.5, 0.6) is 0 Å². The predicted octanol–water partition coefficient (Wildman–Crippen LogP) is 3.50. The molecule has 0 aliphatic heterocycles. The highest BCUT2D eigenvalue weighted by molar-refractivity contribution is 7.11. The zero-order valence-corrected chi connectivity index (χ0v) is 13.0. The van der Waals surface area contributed by atoms with Crippen LogP contribution in [-0.2, 0) is 13.0 Å². The number of aryl methyl sites for hydroxylation is 3. The Labute approximate surface area is 118 Å². The van der Waals surface area contributed by atoms with Gasteiger partial charge in [-0.3, -0.25) is 4.90 Å². The first-order valence-corrected chi connectivity index (χ1v) is 7.41. The number of nitrogens with zero attached hydrogens (tertiary/aromatic N) is 3. The molecule has 0 radical (unpaired) electrons. The van der Waals surface area contributed by atoms with Crippen molar-refractivity contribution >= 4 is 11.3 Å². The summed E-state index contributed by atoms with van der Waals surface area (Å²) >= 11 is 1.76. The Morgan fingerprint density at radius 2 is 2.16 bits per heavy atom. The van der Waals surface area contributed by atoms with Gasteiger partial charge in [-0.25, -0.2) is 4.98 Å². The lowest BCUT2D eigenvalue weighted by Crippen LogP contribution is -2.22. The van der Waals surface area contributed by atoms with Gasteiger partial charge in [0.1, 0.15) is 0 Å². The van der Waals surface area contributed by atoms with E-state index < -0.39 is 0 Å². The average Bonchev–Trinajstić information content (AvgIpc) is 2.94. The summed E-state index contributed by atoms with van der Waals surface area (Å²) in [6, 6.07) is 2.31. The van der Waals surface area contributed by atoms with Crippen LogP contribution in [0.2, 0.25) is 0 Å². The summed E-state index contributed by atoms with van der Waals surface area (Å²) in [5, 5.41) is 5.15. The summed E-state index contributed by atoms with van der Waals surface area (Å²) < 4.78 is 5.34. The zero-order chi connectivity index (χ0) is 14.0. The first-order valence-electron chi connectivity index (χ1n) is 6.59. The van der Waals surface area contributed by atoms with E-state index in [4.69, 9.17) is 4.52 Å². The summed E-state index contributed by atoms with van der Waals surface area (Å²) in [7, 11) is 2.09. The second-order valence-electron chi connectivity index (χ2n) is 4.90. The minimum atomic E-state index is 0.278. The summed E-state index contributed by atoms with van der Waals surface area (Å²) in [4.78, 5) is 8.16. The van der Waals surface area contributed by atoms with E-state index in [-0.39, 0.29) is 6.04 Å². The molecule has 0 N–H and O–H groups in total. The molecule has 0 aromatic carbocycles. The van der Waals surface area contributed by atoms with Gasteiger partial charge in [0.25, 0.3) is 0 Å². The highest BCUT2D eigenvalue weighted by atomic mass is 32.1. The fraction of sp³-hybridized carbons (Fsp3) is 0.571. The maximum Gasteiger partial charge on any atom is 0.150 e. The molecule has 0 saturated carbocycles. The molecule has 104 valence electrons. The largest absolute Gasteiger partial charge is 0.360 e. The molecule has 2 heterocycles. The van der Waals surface area contributed by atoms with Crippen molar-refractivity contribution in [1.29, 1.82) is 0 Å². The van der Waals surface area contributed by atoms with Gasteiger partial charge in [0, 0.05) is 10.9 Å². The lowest BCUT2D eigenvalue weighted by molar-refractivity contribution is 0.217. The van der Waals surface area contributed by atoms with Gasteiger partial charge in [0.15, 0.2) is 5.76 Å². The van der Waals surface area contributed by atoms with Gasteiger partial charge < -0.3 is 4.52 Å². The van der Waals surface area contributed by atoms with Gasteiger partial charge in [-0.1, -0.05) is 12.1 Å². The summed E-state index contributed by atoms with van der Waals surface area (Å²) in [5.41, 5.74) is 2.18. The van der Waals surface area contributed by atoms with Crippen LogP contribution in [0.25, 0.3) is 0 Å². The molecule has 1 atom stereocenters. The maximum absolute atomic E-state index is 5.34. The molecule has 0 fully saturated rings. The van der Waals surface area contributed by atoms with Crippen LogP contribution in [0, 0.1) is 13.8 Å². The summed E-state index contributed by atoms with van der Waals surface area (Å²) in [5.74, 6) is 0.913. The van der Waals surface area contributed by atoms with Gasteiger partial charge in [0.05, 0.1) is 29.0 Å². The minimum Gasteiger partial charge on any atom is -0.360 e. The van der Waals surface area contributed by atoms with Crippen molar-refractivity contribution in [3.05, 3.63) is 33.1 Å². The van der Waals surface area contributed by atoms with Gasteiger partial charge >= 0.3 is 0 Å². The Morgan fingerprint density at radius 1 is 1.42 bits per heavy atom. The Kier molecular flexibility index (Phi) is 4.37. The van der Waals surface area contributed by atoms with Crippen molar-refractivity contribution in [2.45, 2.75) is 46.7 Å². The van der Waals surface area contributed by atoms with E-state index in [9.17, 15) is 0 Å². The van der Waals surface area contributed by atoms with Gasteiger partial charge in [-0.15, -0.1) is 11.3 Å². The van der Waals surface area contributed by atoms with E-state index in [2.05, 4.69) is 49.8 Å². The second-order valence-corrected chi connectivity index (χ2v) is 6.31. The Balaban J connectivity index is 2.06. The monoisotopic (exact) mass is 279 g/mol. The third-order valence-corrected chi connectivity index (χ3v) is 4.27. The third-order valence-electron chi connectivity index (χ3n) is 3.37. The van der Waals surface area contributed by atoms with Crippen LogP contribution in [-0.4, -0.2) is 22.1 Å². The zero-order valence-electron chi connectivity index (χ0n) is 12.2. The molecule has 2 rings (SSSR count). The van der Waals surface area contributed by atoms with Crippen molar-refractivity contribution in [1.82, 2.24) is 15.0 Å². The topological polar surface area (TPSA) is 42.2 Å². The molecule has 2 aromatic rings. The van der Waals surface area contributed by atoms with Crippen LogP contribution in [0.1, 0.15) is 46.9 Å². The van der Waals surface area contributed by atoms with Crippen molar-refractivity contribution in [3.8, 4) is 0 Å². The van der Waals surface area contributed by atoms with Crippen LogP contribution in [0.4, 0.5) is 0 Å². The van der Waals surface area contributed by atoms with E-state index in [1.807, 2.05) is 6.07 Å². The minimum absolute atomic E-state index is 0.278. The van der Waals surface area contributed by atoms with E-state index >= 15 is 0 Å². The van der Waals surface area contributed by atoms with Gasteiger partial charge in [-0.05, 0) is 34.2 Å². The quantitative estimate of drug-likeness (QED) is 0.840. The summed E-state index contributed by atoms with van der Waals surface area (Å²) in [6.07, 6.45) is 0.910. The van der Waals surface area contributed by atoms with Crippen molar-refractivity contribution in [2.75, 3.05) is 7.05 Å². The number of aromatic nitrogens is 2. The highest BCUT2D eigenvalue weighted by Crippen LogP contribution is 2.26. The van der Waals surface area contributed by atoms with Crippen LogP contribution < -0.4 is 0 Å². The number of rotatable bonds is 5. The number of thiazole rings is 1. The Morgan fingerprint density at radius 3 is 2.68 bits per heavy atom. The molecule has 0 amide bonds.